The van der Waals surface area contributed by atoms with Crippen molar-refractivity contribution < 1.29 is 19.2 Å². The number of carbonyl (C=O) groups is 4. The fraction of sp³-hybridized carbons (Fsp3) is 0.500. The Kier molecular flexibility index (Phi) is 6.28. The summed E-state index contributed by atoms with van der Waals surface area (Å²) in [5, 5.41) is 2.77. The summed E-state index contributed by atoms with van der Waals surface area (Å²) in [5.41, 5.74) is 6.09. The van der Waals surface area contributed by atoms with Gasteiger partial charge in [-0.2, -0.15) is 0 Å². The van der Waals surface area contributed by atoms with E-state index in [1.54, 1.807) is 9.80 Å². The molecular weight excluding hydrogens is 360 g/mol. The third kappa shape index (κ3) is 4.68. The molecule has 1 aromatic rings. The highest BCUT2D eigenvalue weighted by Gasteiger charge is 2.35. The van der Waals surface area contributed by atoms with Crippen LogP contribution in [-0.4, -0.2) is 54.7 Å². The van der Waals surface area contributed by atoms with E-state index in [4.69, 9.17) is 5.73 Å². The molecule has 8 heteroatoms. The number of nitrogens with zero attached hydrogens (tertiary/aromatic N) is 2. The fourth-order valence-electron chi connectivity index (χ4n) is 3.75. The van der Waals surface area contributed by atoms with Crippen LogP contribution in [0.15, 0.2) is 30.3 Å². The molecule has 0 radical (unpaired) electrons. The molecule has 2 fully saturated rings. The van der Waals surface area contributed by atoms with Gasteiger partial charge in [0, 0.05) is 50.6 Å². The Morgan fingerprint density at radius 2 is 1.75 bits per heavy atom. The lowest BCUT2D eigenvalue weighted by Gasteiger charge is -2.30. The normalized spacial score (nSPS) is 20.3. The number of rotatable bonds is 6. The minimum atomic E-state index is -0.408. The molecule has 0 aromatic heterocycles. The van der Waals surface area contributed by atoms with Crippen molar-refractivity contribution in [3.63, 3.8) is 0 Å². The molecule has 1 atom stereocenters. The lowest BCUT2D eigenvalue weighted by Crippen LogP contribution is -2.43. The molecule has 2 heterocycles. The summed E-state index contributed by atoms with van der Waals surface area (Å²) in [6, 6.07) is 9.28. The quantitative estimate of drug-likeness (QED) is 0.731. The van der Waals surface area contributed by atoms with Crippen molar-refractivity contribution in [3.8, 4) is 0 Å². The van der Waals surface area contributed by atoms with Crippen molar-refractivity contribution in [2.24, 2.45) is 17.6 Å². The van der Waals surface area contributed by atoms with Crippen LogP contribution in [0, 0.1) is 11.8 Å². The van der Waals surface area contributed by atoms with Gasteiger partial charge in [0.2, 0.25) is 23.6 Å². The average molecular weight is 386 g/mol. The van der Waals surface area contributed by atoms with Crippen LogP contribution in [-0.2, 0) is 19.2 Å². The molecule has 0 aliphatic carbocycles. The first-order valence-electron chi connectivity index (χ1n) is 9.66. The number of hydrogen-bond acceptors (Lipinski definition) is 4. The molecule has 150 valence electrons. The Hall–Kier alpha value is -2.90. The number of nitrogens with one attached hydrogen (secondary N) is 1. The topological polar surface area (TPSA) is 113 Å². The molecular formula is C20H26N4O4. The van der Waals surface area contributed by atoms with Crippen LogP contribution in [0.25, 0.3) is 0 Å². The van der Waals surface area contributed by atoms with E-state index in [0.717, 1.165) is 5.69 Å². The van der Waals surface area contributed by atoms with Gasteiger partial charge in [-0.1, -0.05) is 18.2 Å². The van der Waals surface area contributed by atoms with Gasteiger partial charge in [0.15, 0.2) is 0 Å². The third-order valence-corrected chi connectivity index (χ3v) is 5.45. The Bertz CT molecular complexity index is 744. The zero-order valence-electron chi connectivity index (χ0n) is 15.8. The van der Waals surface area contributed by atoms with Gasteiger partial charge in [-0.15, -0.1) is 0 Å². The van der Waals surface area contributed by atoms with Crippen LogP contribution >= 0.6 is 0 Å². The smallest absolute Gasteiger partial charge is 0.227 e. The second kappa shape index (κ2) is 8.86. The van der Waals surface area contributed by atoms with E-state index in [9.17, 15) is 19.2 Å². The van der Waals surface area contributed by atoms with Crippen molar-refractivity contribution in [2.75, 3.05) is 31.1 Å². The van der Waals surface area contributed by atoms with Crippen LogP contribution < -0.4 is 16.0 Å². The van der Waals surface area contributed by atoms with Crippen LogP contribution in [0.1, 0.15) is 25.7 Å². The summed E-state index contributed by atoms with van der Waals surface area (Å²) >= 11 is 0. The minimum absolute atomic E-state index is 0.0448. The molecule has 28 heavy (non-hydrogen) atoms. The monoisotopic (exact) mass is 386 g/mol. The Morgan fingerprint density at radius 3 is 2.39 bits per heavy atom. The standard InChI is InChI=1S/C20H26N4O4/c21-19(27)14-7-10-23(11-8-14)17(25)6-9-22-20(28)15-12-18(26)24(13-15)16-4-2-1-3-5-16/h1-5,14-15H,6-13H2,(H2,21,27)(H,22,28)/t15-/m0/s1. The van der Waals surface area contributed by atoms with Gasteiger partial charge in [-0.05, 0) is 25.0 Å². The molecule has 0 spiro atoms. The molecule has 4 amide bonds. The number of anilines is 1. The SMILES string of the molecule is NC(=O)C1CCN(C(=O)CCNC(=O)[C@H]2CC(=O)N(c3ccccc3)C2)CC1. The molecule has 0 unspecified atom stereocenters. The van der Waals surface area contributed by atoms with E-state index in [2.05, 4.69) is 5.32 Å². The van der Waals surface area contributed by atoms with E-state index >= 15 is 0 Å². The predicted molar refractivity (Wildman–Crippen MR) is 103 cm³/mol. The third-order valence-electron chi connectivity index (χ3n) is 5.45. The molecule has 3 N–H and O–H groups in total. The number of likely N-dealkylation sites (tertiary alicyclic amines) is 1. The summed E-state index contributed by atoms with van der Waals surface area (Å²) in [4.78, 5) is 51.4. The predicted octanol–water partition coefficient (Wildman–Crippen LogP) is 0.270. The highest BCUT2D eigenvalue weighted by Crippen LogP contribution is 2.24. The molecule has 1 aromatic carbocycles. The summed E-state index contributed by atoms with van der Waals surface area (Å²) < 4.78 is 0. The van der Waals surface area contributed by atoms with Crippen molar-refractivity contribution in [3.05, 3.63) is 30.3 Å². The second-order valence-electron chi connectivity index (χ2n) is 7.34. The summed E-state index contributed by atoms with van der Waals surface area (Å²) in [7, 11) is 0. The highest BCUT2D eigenvalue weighted by molar-refractivity contribution is 6.00. The van der Waals surface area contributed by atoms with Crippen molar-refractivity contribution in [1.82, 2.24) is 10.2 Å². The Balaban J connectivity index is 1.41. The second-order valence-corrected chi connectivity index (χ2v) is 7.34. The fourth-order valence-corrected chi connectivity index (χ4v) is 3.75. The number of amides is 4. The van der Waals surface area contributed by atoms with Gasteiger partial charge < -0.3 is 20.9 Å². The van der Waals surface area contributed by atoms with E-state index in [1.165, 1.54) is 0 Å². The molecule has 8 nitrogen and oxygen atoms in total. The zero-order chi connectivity index (χ0) is 20.1. The maximum Gasteiger partial charge on any atom is 0.227 e. The van der Waals surface area contributed by atoms with Gasteiger partial charge in [0.05, 0.1) is 5.92 Å². The molecule has 0 saturated carbocycles. The molecule has 2 aliphatic rings. The number of primary amides is 1. The first-order chi connectivity index (χ1) is 13.5. The number of hydrogen-bond donors (Lipinski definition) is 2. The van der Waals surface area contributed by atoms with Gasteiger partial charge >= 0.3 is 0 Å². The van der Waals surface area contributed by atoms with Crippen molar-refractivity contribution in [1.29, 1.82) is 0 Å². The number of benzene rings is 1. The average Bonchev–Trinajstić information content (AvgIpc) is 3.10. The summed E-state index contributed by atoms with van der Waals surface area (Å²) in [6.45, 7) is 1.62. The molecule has 2 aliphatic heterocycles. The van der Waals surface area contributed by atoms with Gasteiger partial charge in [0.1, 0.15) is 0 Å². The van der Waals surface area contributed by atoms with Crippen LogP contribution in [0.3, 0.4) is 0 Å². The lowest BCUT2D eigenvalue weighted by atomic mass is 9.96. The first-order valence-corrected chi connectivity index (χ1v) is 9.66. The van der Waals surface area contributed by atoms with Crippen LogP contribution in [0.5, 0.6) is 0 Å². The van der Waals surface area contributed by atoms with Gasteiger partial charge in [-0.25, -0.2) is 0 Å². The van der Waals surface area contributed by atoms with Crippen LogP contribution in [0.4, 0.5) is 5.69 Å². The molecule has 3 rings (SSSR count). The van der Waals surface area contributed by atoms with Gasteiger partial charge in [0.25, 0.3) is 0 Å². The van der Waals surface area contributed by atoms with E-state index < -0.39 is 5.92 Å². The van der Waals surface area contributed by atoms with Crippen LogP contribution in [0.2, 0.25) is 0 Å². The summed E-state index contributed by atoms with van der Waals surface area (Å²) in [6.07, 6.45) is 1.56. The van der Waals surface area contributed by atoms with E-state index in [1.807, 2.05) is 30.3 Å². The largest absolute Gasteiger partial charge is 0.369 e. The number of piperidine rings is 1. The van der Waals surface area contributed by atoms with Crippen molar-refractivity contribution >= 4 is 29.3 Å². The number of carbonyl (C=O) groups excluding carboxylic acids is 4. The van der Waals surface area contributed by atoms with E-state index in [0.29, 0.717) is 32.5 Å². The molecule has 0 bridgehead atoms. The zero-order valence-corrected chi connectivity index (χ0v) is 15.8. The Labute approximate surface area is 164 Å². The number of nitrogens with two attached hydrogens (primary N) is 1. The van der Waals surface area contributed by atoms with E-state index in [-0.39, 0.29) is 48.9 Å². The first kappa shape index (κ1) is 19.9. The van der Waals surface area contributed by atoms with Crippen molar-refractivity contribution in [2.45, 2.75) is 25.7 Å². The van der Waals surface area contributed by atoms with Gasteiger partial charge in [-0.3, -0.25) is 19.2 Å². The maximum absolute atomic E-state index is 12.4. The minimum Gasteiger partial charge on any atom is -0.369 e. The maximum atomic E-state index is 12.4. The summed E-state index contributed by atoms with van der Waals surface area (Å²) in [5.74, 6) is -1.19. The number of para-hydroxylation sites is 1. The highest BCUT2D eigenvalue weighted by atomic mass is 16.2. The molecule has 2 saturated heterocycles. The Morgan fingerprint density at radius 1 is 1.07 bits per heavy atom. The lowest BCUT2D eigenvalue weighted by molar-refractivity contribution is -0.135.